The highest BCUT2D eigenvalue weighted by atomic mass is 19.1. The minimum Gasteiger partial charge on any atom is -0.396 e. The van der Waals surface area contributed by atoms with Crippen molar-refractivity contribution in [2.24, 2.45) is 5.92 Å². The predicted molar refractivity (Wildman–Crippen MR) is 134 cm³/mol. The lowest BCUT2D eigenvalue weighted by atomic mass is 9.83. The Kier molecular flexibility index (Phi) is 6.59. The van der Waals surface area contributed by atoms with Gasteiger partial charge in [0.1, 0.15) is 5.82 Å². The highest BCUT2D eigenvalue weighted by molar-refractivity contribution is 5.76. The molecule has 0 spiro atoms. The Morgan fingerprint density at radius 2 is 1.69 bits per heavy atom. The van der Waals surface area contributed by atoms with Gasteiger partial charge < -0.3 is 5.11 Å². The lowest BCUT2D eigenvalue weighted by Gasteiger charge is -2.29. The number of fused-ring (bicyclic) bond motifs is 1. The zero-order chi connectivity index (χ0) is 24.4. The van der Waals surface area contributed by atoms with E-state index < -0.39 is 17.1 Å². The molecular formula is C28H28FN3O3. The van der Waals surface area contributed by atoms with Crippen molar-refractivity contribution in [1.82, 2.24) is 14.1 Å². The molecule has 1 saturated carbocycles. The largest absolute Gasteiger partial charge is 0.396 e. The second-order valence-electron chi connectivity index (χ2n) is 9.27. The molecule has 0 saturated heterocycles. The highest BCUT2D eigenvalue weighted by Gasteiger charge is 2.27. The number of hydrogen-bond acceptors (Lipinski definition) is 4. The van der Waals surface area contributed by atoms with E-state index in [2.05, 4.69) is 4.98 Å². The van der Waals surface area contributed by atoms with Crippen molar-refractivity contribution in [2.75, 3.05) is 6.61 Å². The van der Waals surface area contributed by atoms with Crippen LogP contribution < -0.4 is 11.2 Å². The van der Waals surface area contributed by atoms with Crippen LogP contribution in [0.2, 0.25) is 0 Å². The predicted octanol–water partition coefficient (Wildman–Crippen LogP) is 4.86. The van der Waals surface area contributed by atoms with Gasteiger partial charge in [0.15, 0.2) is 5.65 Å². The summed E-state index contributed by atoms with van der Waals surface area (Å²) in [6.07, 6.45) is 5.92. The van der Waals surface area contributed by atoms with Gasteiger partial charge in [-0.05, 0) is 73.8 Å². The molecule has 6 nitrogen and oxygen atoms in total. The van der Waals surface area contributed by atoms with Gasteiger partial charge in [-0.3, -0.25) is 9.36 Å². The second kappa shape index (κ2) is 9.96. The summed E-state index contributed by atoms with van der Waals surface area (Å²) >= 11 is 0. The Morgan fingerprint density at radius 1 is 0.943 bits per heavy atom. The van der Waals surface area contributed by atoms with Gasteiger partial charge in [-0.15, -0.1) is 0 Å². The van der Waals surface area contributed by atoms with Crippen LogP contribution in [0.4, 0.5) is 4.39 Å². The second-order valence-corrected chi connectivity index (χ2v) is 9.27. The molecule has 2 heterocycles. The summed E-state index contributed by atoms with van der Waals surface area (Å²) in [4.78, 5) is 31.4. The van der Waals surface area contributed by atoms with Gasteiger partial charge in [-0.2, -0.15) is 0 Å². The Labute approximate surface area is 202 Å². The average Bonchev–Trinajstić information content (AvgIpc) is 2.89. The number of aliphatic hydroxyl groups is 1. The first-order valence-electron chi connectivity index (χ1n) is 12.2. The van der Waals surface area contributed by atoms with Gasteiger partial charge in [0.25, 0.3) is 5.56 Å². The van der Waals surface area contributed by atoms with Crippen molar-refractivity contribution >= 4 is 11.0 Å². The number of pyridine rings is 1. The van der Waals surface area contributed by atoms with Crippen LogP contribution in [0.5, 0.6) is 0 Å². The smallest absolute Gasteiger partial charge is 0.337 e. The molecule has 5 rings (SSSR count). The quantitative estimate of drug-likeness (QED) is 0.434. The van der Waals surface area contributed by atoms with Crippen molar-refractivity contribution in [2.45, 2.75) is 44.6 Å². The maximum absolute atomic E-state index is 14.2. The first kappa shape index (κ1) is 23.2. The van der Waals surface area contributed by atoms with E-state index in [1.807, 2.05) is 48.5 Å². The van der Waals surface area contributed by atoms with E-state index >= 15 is 0 Å². The van der Waals surface area contributed by atoms with Crippen LogP contribution in [0.1, 0.15) is 44.6 Å². The topological polar surface area (TPSA) is 77.1 Å². The molecule has 0 aliphatic heterocycles. The maximum Gasteiger partial charge on any atom is 0.337 e. The molecule has 180 valence electrons. The van der Waals surface area contributed by atoms with Crippen LogP contribution in [0, 0.1) is 11.7 Å². The zero-order valence-corrected chi connectivity index (χ0v) is 19.4. The fraction of sp³-hybridized carbons (Fsp3) is 0.321. The van der Waals surface area contributed by atoms with Crippen LogP contribution in [-0.2, 0) is 0 Å². The molecule has 4 aromatic rings. The number of hydrogen-bond donors (Lipinski definition) is 1. The van der Waals surface area contributed by atoms with Crippen molar-refractivity contribution in [1.29, 1.82) is 0 Å². The fourth-order valence-electron chi connectivity index (χ4n) is 5.26. The first-order chi connectivity index (χ1) is 17.1. The summed E-state index contributed by atoms with van der Waals surface area (Å²) < 4.78 is 16.9. The Morgan fingerprint density at radius 3 is 2.43 bits per heavy atom. The molecule has 0 amide bonds. The van der Waals surface area contributed by atoms with Gasteiger partial charge in [0, 0.05) is 12.6 Å². The molecule has 1 aliphatic carbocycles. The lowest BCUT2D eigenvalue weighted by Crippen LogP contribution is -2.43. The van der Waals surface area contributed by atoms with E-state index in [0.717, 1.165) is 43.0 Å². The summed E-state index contributed by atoms with van der Waals surface area (Å²) in [6, 6.07) is 18.3. The van der Waals surface area contributed by atoms with Crippen LogP contribution in [0.3, 0.4) is 0 Å². The zero-order valence-electron chi connectivity index (χ0n) is 19.4. The number of halogens is 1. The summed E-state index contributed by atoms with van der Waals surface area (Å²) in [5.41, 5.74) is 1.70. The Balaban J connectivity index is 1.64. The van der Waals surface area contributed by atoms with Gasteiger partial charge in [-0.25, -0.2) is 18.7 Å². The first-order valence-corrected chi connectivity index (χ1v) is 12.2. The third-order valence-electron chi connectivity index (χ3n) is 7.06. The van der Waals surface area contributed by atoms with Crippen LogP contribution in [-0.4, -0.2) is 25.8 Å². The van der Waals surface area contributed by atoms with Crippen LogP contribution in [0.15, 0.2) is 76.4 Å². The van der Waals surface area contributed by atoms with Gasteiger partial charge in [0.2, 0.25) is 0 Å². The highest BCUT2D eigenvalue weighted by Crippen LogP contribution is 2.33. The van der Waals surface area contributed by atoms with E-state index in [1.54, 1.807) is 6.07 Å². The minimum atomic E-state index is -0.614. The standard InChI is InChI=1S/C28H28FN3O3/c29-22-17-25-26(30-18-22)31(24-10-4-9-21(16-24)20-7-2-1-3-8-20)28(35)32(27(25)34)23-13-11-19(12-14-23)6-5-15-33/h1-4,7-10,16-19,23,33H,5-6,11-15H2. The summed E-state index contributed by atoms with van der Waals surface area (Å²) in [6.45, 7) is 0.176. The molecule has 0 atom stereocenters. The van der Waals surface area contributed by atoms with Crippen molar-refractivity contribution < 1.29 is 9.50 Å². The molecule has 0 radical (unpaired) electrons. The number of nitrogens with zero attached hydrogens (tertiary/aromatic N) is 3. The van der Waals surface area contributed by atoms with E-state index in [0.29, 0.717) is 24.4 Å². The summed E-state index contributed by atoms with van der Waals surface area (Å²) in [5, 5.41) is 9.22. The van der Waals surface area contributed by atoms with E-state index in [9.17, 15) is 14.0 Å². The number of rotatable bonds is 6. The molecule has 2 aromatic carbocycles. The molecule has 0 bridgehead atoms. The molecule has 1 aliphatic rings. The molecule has 7 heteroatoms. The lowest BCUT2D eigenvalue weighted by molar-refractivity contribution is 0.225. The third kappa shape index (κ3) is 4.56. The van der Waals surface area contributed by atoms with Crippen LogP contribution >= 0.6 is 0 Å². The average molecular weight is 474 g/mol. The van der Waals surface area contributed by atoms with Gasteiger partial charge in [-0.1, -0.05) is 42.5 Å². The van der Waals surface area contributed by atoms with Crippen molar-refractivity contribution in [3.05, 3.63) is 93.5 Å². The van der Waals surface area contributed by atoms with Crippen molar-refractivity contribution in [3.8, 4) is 16.8 Å². The Hall–Kier alpha value is -3.58. The van der Waals surface area contributed by atoms with Gasteiger partial charge in [0.05, 0.1) is 17.3 Å². The van der Waals surface area contributed by atoms with E-state index in [1.165, 1.54) is 15.2 Å². The SMILES string of the molecule is O=c1c2cc(F)cnc2n(-c2cccc(-c3ccccc3)c2)c(=O)n1C1CCC(CCCO)CC1. The third-order valence-corrected chi connectivity index (χ3v) is 7.06. The van der Waals surface area contributed by atoms with Gasteiger partial charge >= 0.3 is 5.69 Å². The van der Waals surface area contributed by atoms with E-state index in [-0.39, 0.29) is 23.7 Å². The fourth-order valence-corrected chi connectivity index (χ4v) is 5.26. The molecule has 1 N–H and O–H groups in total. The minimum absolute atomic E-state index is 0.0946. The number of benzene rings is 2. The van der Waals surface area contributed by atoms with Crippen LogP contribution in [0.25, 0.3) is 27.8 Å². The monoisotopic (exact) mass is 473 g/mol. The molecular weight excluding hydrogens is 445 g/mol. The number of aliphatic hydroxyl groups excluding tert-OH is 1. The van der Waals surface area contributed by atoms with E-state index in [4.69, 9.17) is 5.11 Å². The molecule has 2 aromatic heterocycles. The molecule has 0 unspecified atom stereocenters. The molecule has 1 fully saturated rings. The Bertz CT molecular complexity index is 1450. The normalized spacial score (nSPS) is 18.1. The summed E-state index contributed by atoms with van der Waals surface area (Å²) in [5.74, 6) is -0.129. The molecule has 35 heavy (non-hydrogen) atoms. The summed E-state index contributed by atoms with van der Waals surface area (Å²) in [7, 11) is 0. The maximum atomic E-state index is 14.2. The number of aromatic nitrogens is 3. The van der Waals surface area contributed by atoms with Crippen molar-refractivity contribution in [3.63, 3.8) is 0 Å².